The first-order valence-corrected chi connectivity index (χ1v) is 6.80. The summed E-state index contributed by atoms with van der Waals surface area (Å²) < 4.78 is 0. The SMILES string of the molecule is CC(Cc1ccccc1)(C(=O)Cl)c1ccccc1[N+](=O)[O-]. The van der Waals surface area contributed by atoms with Crippen molar-refractivity contribution in [3.8, 4) is 0 Å². The average molecular weight is 304 g/mol. The van der Waals surface area contributed by atoms with E-state index in [0.717, 1.165) is 5.56 Å². The minimum atomic E-state index is -1.15. The molecule has 0 heterocycles. The zero-order valence-corrected chi connectivity index (χ0v) is 12.2. The fourth-order valence-corrected chi connectivity index (χ4v) is 2.54. The van der Waals surface area contributed by atoms with E-state index in [0.29, 0.717) is 12.0 Å². The lowest BCUT2D eigenvalue weighted by Gasteiger charge is -2.25. The summed E-state index contributed by atoms with van der Waals surface area (Å²) >= 11 is 5.78. The lowest BCUT2D eigenvalue weighted by molar-refractivity contribution is -0.385. The van der Waals surface area contributed by atoms with Crippen molar-refractivity contribution in [2.75, 3.05) is 0 Å². The van der Waals surface area contributed by atoms with Crippen LogP contribution >= 0.6 is 11.6 Å². The molecule has 0 aliphatic heterocycles. The first-order chi connectivity index (χ1) is 9.95. The smallest absolute Gasteiger partial charge is 0.273 e. The highest BCUT2D eigenvalue weighted by Gasteiger charge is 2.39. The molecule has 0 N–H and O–H groups in total. The van der Waals surface area contributed by atoms with Crippen molar-refractivity contribution in [1.29, 1.82) is 0 Å². The van der Waals surface area contributed by atoms with Crippen LogP contribution in [0.15, 0.2) is 54.6 Å². The van der Waals surface area contributed by atoms with Crippen molar-refractivity contribution in [3.63, 3.8) is 0 Å². The maximum absolute atomic E-state index is 12.0. The summed E-state index contributed by atoms with van der Waals surface area (Å²) in [5.41, 5.74) is -0.0111. The van der Waals surface area contributed by atoms with Gasteiger partial charge in [0.05, 0.1) is 10.3 Å². The standard InChI is InChI=1S/C16H14ClNO3/c1-16(15(17)19,11-12-7-3-2-4-8-12)13-9-5-6-10-14(13)18(20)21/h2-10H,11H2,1H3. The van der Waals surface area contributed by atoms with Crippen LogP contribution < -0.4 is 0 Å². The molecular weight excluding hydrogens is 290 g/mol. The van der Waals surface area contributed by atoms with Gasteiger partial charge in [-0.15, -0.1) is 0 Å². The lowest BCUT2D eigenvalue weighted by atomic mass is 9.77. The summed E-state index contributed by atoms with van der Waals surface area (Å²) in [6.45, 7) is 1.64. The largest absolute Gasteiger partial charge is 0.280 e. The molecule has 0 amide bonds. The Morgan fingerprint density at radius 3 is 2.29 bits per heavy atom. The Morgan fingerprint density at radius 1 is 1.14 bits per heavy atom. The molecule has 0 aliphatic rings. The fraction of sp³-hybridized carbons (Fsp3) is 0.188. The first kappa shape index (κ1) is 15.2. The predicted molar refractivity (Wildman–Crippen MR) is 81.5 cm³/mol. The average Bonchev–Trinajstić information content (AvgIpc) is 2.48. The van der Waals surface area contributed by atoms with Crippen LogP contribution in [0.2, 0.25) is 0 Å². The highest BCUT2D eigenvalue weighted by molar-refractivity contribution is 6.65. The third-order valence-electron chi connectivity index (χ3n) is 3.53. The molecule has 2 aromatic rings. The molecule has 0 saturated carbocycles. The van der Waals surface area contributed by atoms with Crippen molar-refractivity contribution in [3.05, 3.63) is 75.8 Å². The van der Waals surface area contributed by atoms with Crippen LogP contribution in [0, 0.1) is 10.1 Å². The third-order valence-corrected chi connectivity index (χ3v) is 3.95. The van der Waals surface area contributed by atoms with Crippen LogP contribution in [0.1, 0.15) is 18.1 Å². The Morgan fingerprint density at radius 2 is 1.71 bits per heavy atom. The van der Waals surface area contributed by atoms with Crippen LogP contribution in [0.5, 0.6) is 0 Å². The zero-order valence-electron chi connectivity index (χ0n) is 11.5. The maximum atomic E-state index is 12.0. The maximum Gasteiger partial charge on any atom is 0.273 e. The van der Waals surface area contributed by atoms with Crippen LogP contribution in [0.3, 0.4) is 0 Å². The van der Waals surface area contributed by atoms with E-state index in [2.05, 4.69) is 0 Å². The quantitative estimate of drug-likeness (QED) is 0.479. The number of para-hydroxylation sites is 1. The number of carbonyl (C=O) groups is 1. The van der Waals surface area contributed by atoms with Gasteiger partial charge in [0.2, 0.25) is 5.24 Å². The molecule has 4 nitrogen and oxygen atoms in total. The lowest BCUT2D eigenvalue weighted by Crippen LogP contribution is -2.32. The highest BCUT2D eigenvalue weighted by Crippen LogP contribution is 2.36. The molecule has 1 atom stereocenters. The van der Waals surface area contributed by atoms with Crippen molar-refractivity contribution in [1.82, 2.24) is 0 Å². The molecular formula is C16H14ClNO3. The second kappa shape index (κ2) is 6.06. The van der Waals surface area contributed by atoms with Gasteiger partial charge in [-0.2, -0.15) is 0 Å². The number of nitrogens with zero attached hydrogens (tertiary/aromatic N) is 1. The van der Waals surface area contributed by atoms with E-state index in [1.54, 1.807) is 25.1 Å². The van der Waals surface area contributed by atoms with Crippen molar-refractivity contribution < 1.29 is 9.72 Å². The van der Waals surface area contributed by atoms with Gasteiger partial charge in [-0.1, -0.05) is 48.5 Å². The number of hydrogen-bond donors (Lipinski definition) is 0. The van der Waals surface area contributed by atoms with E-state index in [1.807, 2.05) is 30.3 Å². The van der Waals surface area contributed by atoms with Gasteiger partial charge in [0.15, 0.2) is 0 Å². The summed E-state index contributed by atoms with van der Waals surface area (Å²) in [5, 5.41) is 10.6. The van der Waals surface area contributed by atoms with E-state index in [-0.39, 0.29) is 5.69 Å². The predicted octanol–water partition coefficient (Wildman–Crippen LogP) is 3.86. The molecule has 0 radical (unpaired) electrons. The van der Waals surface area contributed by atoms with Gasteiger partial charge in [0.1, 0.15) is 0 Å². The van der Waals surface area contributed by atoms with Crippen LogP contribution in [-0.2, 0) is 16.6 Å². The minimum Gasteiger partial charge on any atom is -0.280 e. The topological polar surface area (TPSA) is 60.2 Å². The number of carbonyl (C=O) groups excluding carboxylic acids is 1. The monoisotopic (exact) mass is 303 g/mol. The van der Waals surface area contributed by atoms with Gasteiger partial charge in [0, 0.05) is 11.6 Å². The van der Waals surface area contributed by atoms with Crippen molar-refractivity contribution >= 4 is 22.5 Å². The number of halogens is 1. The molecule has 0 aliphatic carbocycles. The van der Waals surface area contributed by atoms with Gasteiger partial charge >= 0.3 is 0 Å². The summed E-state index contributed by atoms with van der Waals surface area (Å²) in [6, 6.07) is 15.5. The molecule has 2 aromatic carbocycles. The van der Waals surface area contributed by atoms with Gasteiger partial charge < -0.3 is 0 Å². The Kier molecular flexibility index (Phi) is 4.38. The minimum absolute atomic E-state index is 0.0927. The van der Waals surface area contributed by atoms with Gasteiger partial charge in [0.25, 0.3) is 5.69 Å². The molecule has 0 saturated heterocycles. The molecule has 0 aromatic heterocycles. The molecule has 5 heteroatoms. The van der Waals surface area contributed by atoms with E-state index < -0.39 is 15.6 Å². The molecule has 1 unspecified atom stereocenters. The second-order valence-corrected chi connectivity index (χ2v) is 5.39. The van der Waals surface area contributed by atoms with Gasteiger partial charge in [-0.25, -0.2) is 0 Å². The number of hydrogen-bond acceptors (Lipinski definition) is 3. The first-order valence-electron chi connectivity index (χ1n) is 6.43. The number of nitro benzene ring substituents is 1. The Balaban J connectivity index is 2.53. The van der Waals surface area contributed by atoms with E-state index in [1.165, 1.54) is 6.07 Å². The molecule has 0 bridgehead atoms. The van der Waals surface area contributed by atoms with Gasteiger partial charge in [-0.05, 0) is 30.5 Å². The summed E-state index contributed by atoms with van der Waals surface area (Å²) in [5.74, 6) is 0. The van der Waals surface area contributed by atoms with Crippen LogP contribution in [0.4, 0.5) is 5.69 Å². The number of rotatable bonds is 5. The summed E-state index contributed by atoms with van der Waals surface area (Å²) in [4.78, 5) is 22.7. The number of nitro groups is 1. The van der Waals surface area contributed by atoms with Crippen LogP contribution in [-0.4, -0.2) is 10.2 Å². The van der Waals surface area contributed by atoms with Crippen molar-refractivity contribution in [2.24, 2.45) is 0 Å². The highest BCUT2D eigenvalue weighted by atomic mass is 35.5. The normalized spacial score (nSPS) is 13.4. The second-order valence-electron chi connectivity index (χ2n) is 5.04. The Labute approximate surface area is 127 Å². The third kappa shape index (κ3) is 3.11. The molecule has 0 fully saturated rings. The molecule has 2 rings (SSSR count). The van der Waals surface area contributed by atoms with Crippen molar-refractivity contribution in [2.45, 2.75) is 18.8 Å². The summed E-state index contributed by atoms with van der Waals surface area (Å²) in [6.07, 6.45) is 0.307. The number of benzene rings is 2. The fourth-order valence-electron chi connectivity index (χ4n) is 2.37. The molecule has 21 heavy (non-hydrogen) atoms. The zero-order chi connectivity index (χ0) is 15.5. The Hall–Kier alpha value is -2.20. The van der Waals surface area contributed by atoms with E-state index in [4.69, 9.17) is 11.6 Å². The van der Waals surface area contributed by atoms with E-state index >= 15 is 0 Å². The summed E-state index contributed by atoms with van der Waals surface area (Å²) in [7, 11) is 0. The van der Waals surface area contributed by atoms with Crippen LogP contribution in [0.25, 0.3) is 0 Å². The van der Waals surface area contributed by atoms with Gasteiger partial charge in [-0.3, -0.25) is 14.9 Å². The molecule has 0 spiro atoms. The molecule has 108 valence electrons. The van der Waals surface area contributed by atoms with E-state index in [9.17, 15) is 14.9 Å². The Bertz CT molecular complexity index is 672.